The lowest BCUT2D eigenvalue weighted by Gasteiger charge is -2.06. The van der Waals surface area contributed by atoms with Crippen LogP contribution in [0.2, 0.25) is 19.6 Å². The van der Waals surface area contributed by atoms with E-state index in [1.807, 2.05) is 0 Å². The minimum absolute atomic E-state index is 0.350. The van der Waals surface area contributed by atoms with Crippen LogP contribution in [0, 0.1) is 12.0 Å². The van der Waals surface area contributed by atoms with Crippen LogP contribution in [0.15, 0.2) is 22.9 Å². The third kappa shape index (κ3) is 6.21. The van der Waals surface area contributed by atoms with Gasteiger partial charge in [0.05, 0.1) is 0 Å². The Morgan fingerprint density at radius 3 is 2.54 bits per heavy atom. The van der Waals surface area contributed by atoms with E-state index in [0.29, 0.717) is 17.8 Å². The molecule has 0 aliphatic rings. The Balaban J connectivity index is 0.000000413. The summed E-state index contributed by atoms with van der Waals surface area (Å²) in [6.45, 7) is 8.19. The number of hydrogen-bond acceptors (Lipinski definition) is 5. The van der Waals surface area contributed by atoms with Gasteiger partial charge in [0.1, 0.15) is 8.07 Å². The van der Waals surface area contributed by atoms with Gasteiger partial charge in [0.15, 0.2) is 6.04 Å². The third-order valence-electron chi connectivity index (χ3n) is 2.77. The summed E-state index contributed by atoms with van der Waals surface area (Å²) in [6.07, 6.45) is 8.74. The van der Waals surface area contributed by atoms with E-state index < -0.39 is 20.1 Å². The fourth-order valence-corrected chi connectivity index (χ4v) is 1.81. The van der Waals surface area contributed by atoms with E-state index in [-0.39, 0.29) is 0 Å². The predicted molar refractivity (Wildman–Crippen MR) is 97.9 cm³/mol. The highest BCUT2D eigenvalue weighted by atomic mass is 79.9. The average molecular weight is 410 g/mol. The average Bonchev–Trinajstić information content (AvgIpc) is 2.97. The minimum atomic E-state index is -1.10. The minimum Gasteiger partial charge on any atom is -0.480 e. The molecule has 0 aliphatic heterocycles. The second-order valence-corrected chi connectivity index (χ2v) is 11.7. The molecule has 0 amide bonds. The molecule has 0 aliphatic carbocycles. The van der Waals surface area contributed by atoms with E-state index in [2.05, 4.69) is 61.5 Å². The molecule has 2 aromatic rings. The van der Waals surface area contributed by atoms with Gasteiger partial charge >= 0.3 is 5.97 Å². The van der Waals surface area contributed by atoms with E-state index >= 15 is 0 Å². The number of halogens is 1. The Morgan fingerprint density at radius 1 is 1.46 bits per heavy atom. The second-order valence-electron chi connectivity index (χ2n) is 5.98. The van der Waals surface area contributed by atoms with Crippen LogP contribution in [-0.4, -0.2) is 44.3 Å². The van der Waals surface area contributed by atoms with Gasteiger partial charge in [-0.25, -0.2) is 4.79 Å². The van der Waals surface area contributed by atoms with Crippen LogP contribution in [0.1, 0.15) is 19.4 Å². The zero-order valence-corrected chi connectivity index (χ0v) is 16.6. The first-order valence-corrected chi connectivity index (χ1v) is 11.6. The number of carboxylic acid groups (broad SMARTS) is 1. The molecule has 24 heavy (non-hydrogen) atoms. The lowest BCUT2D eigenvalue weighted by atomic mass is 10.2. The monoisotopic (exact) mass is 409 g/mol. The zero-order chi connectivity index (χ0) is 18.3. The van der Waals surface area contributed by atoms with Gasteiger partial charge in [0.2, 0.25) is 5.82 Å². The summed E-state index contributed by atoms with van der Waals surface area (Å²) in [5.41, 5.74) is 3.42. The van der Waals surface area contributed by atoms with Gasteiger partial charge in [-0.05, 0) is 33.6 Å². The second kappa shape index (κ2) is 8.70. The van der Waals surface area contributed by atoms with Gasteiger partial charge in [-0.2, -0.15) is 0 Å². The number of carboxylic acids is 1. The van der Waals surface area contributed by atoms with Crippen molar-refractivity contribution in [2.24, 2.45) is 0 Å². The smallest absolute Gasteiger partial charge is 0.330 e. The molecule has 2 rings (SSSR count). The van der Waals surface area contributed by atoms with Crippen LogP contribution < -0.4 is 0 Å². The summed E-state index contributed by atoms with van der Waals surface area (Å²) in [5.74, 6) is -0.627. The fraction of sp³-hybridized carbons (Fsp3) is 0.400. The first kappa shape index (κ1) is 20.0. The van der Waals surface area contributed by atoms with E-state index in [1.54, 1.807) is 25.4 Å². The number of hydrogen-bond donors (Lipinski definition) is 1. The molecular formula is C15H20BrN5O2Si. The third-order valence-corrected chi connectivity index (χ3v) is 4.07. The zero-order valence-electron chi connectivity index (χ0n) is 14.1. The van der Waals surface area contributed by atoms with Crippen molar-refractivity contribution in [3.05, 3.63) is 22.9 Å². The summed E-state index contributed by atoms with van der Waals surface area (Å²) in [5, 5.41) is 20.7. The van der Waals surface area contributed by atoms with Gasteiger partial charge < -0.3 is 5.11 Å². The first-order valence-electron chi connectivity index (χ1n) is 7.29. The molecule has 1 N–H and O–H groups in total. The van der Waals surface area contributed by atoms with Crippen LogP contribution in [-0.2, 0) is 4.79 Å². The quantitative estimate of drug-likeness (QED) is 0.615. The summed E-state index contributed by atoms with van der Waals surface area (Å²) in [4.78, 5) is 16.1. The Hall–Kier alpha value is -2.05. The number of nitrogens with zero attached hydrogens (tertiary/aromatic N) is 5. The van der Waals surface area contributed by atoms with Crippen LogP contribution in [0.3, 0.4) is 0 Å². The molecule has 1 unspecified atom stereocenters. The van der Waals surface area contributed by atoms with E-state index in [0.717, 1.165) is 9.27 Å². The largest absolute Gasteiger partial charge is 0.480 e. The molecule has 1 atom stereocenters. The van der Waals surface area contributed by atoms with Gasteiger partial charge in [0, 0.05) is 22.4 Å². The van der Waals surface area contributed by atoms with Crippen molar-refractivity contribution in [3.63, 3.8) is 0 Å². The van der Waals surface area contributed by atoms with E-state index in [1.165, 1.54) is 0 Å². The summed E-state index contributed by atoms with van der Waals surface area (Å²) in [7, 11) is -1.10. The molecule has 7 nitrogen and oxygen atoms in total. The van der Waals surface area contributed by atoms with Crippen LogP contribution in [0.25, 0.3) is 11.4 Å². The molecular weight excluding hydrogens is 390 g/mol. The van der Waals surface area contributed by atoms with Crippen LogP contribution in [0.5, 0.6) is 0 Å². The number of tetrazole rings is 1. The van der Waals surface area contributed by atoms with Crippen molar-refractivity contribution in [2.45, 2.75) is 39.0 Å². The maximum Gasteiger partial charge on any atom is 0.330 e. The predicted octanol–water partition coefficient (Wildman–Crippen LogP) is 3.03. The molecule has 9 heteroatoms. The molecule has 2 heterocycles. The fourth-order valence-electron chi connectivity index (χ4n) is 1.44. The van der Waals surface area contributed by atoms with Crippen molar-refractivity contribution in [1.29, 1.82) is 0 Å². The Labute approximate surface area is 150 Å². The molecule has 0 saturated carbocycles. The molecule has 0 aromatic carbocycles. The summed E-state index contributed by atoms with van der Waals surface area (Å²) < 4.78 is 0.793. The number of carbonyl (C=O) groups is 1. The normalized spacial score (nSPS) is 11.8. The Kier molecular flexibility index (Phi) is 7.25. The molecule has 0 spiro atoms. The molecule has 128 valence electrons. The van der Waals surface area contributed by atoms with Gasteiger partial charge in [-0.3, -0.25) is 4.98 Å². The number of aromatic nitrogens is 5. The molecule has 0 fully saturated rings. The van der Waals surface area contributed by atoms with Crippen molar-refractivity contribution in [2.75, 3.05) is 0 Å². The number of rotatable bonds is 4. The Bertz CT molecular complexity index is 736. The molecule has 0 bridgehead atoms. The van der Waals surface area contributed by atoms with Crippen LogP contribution in [0.4, 0.5) is 0 Å². The lowest BCUT2D eigenvalue weighted by molar-refractivity contribution is -0.141. The number of terminal acetylenes is 1. The van der Waals surface area contributed by atoms with Gasteiger partial charge in [-0.1, -0.05) is 26.6 Å². The van der Waals surface area contributed by atoms with Crippen molar-refractivity contribution >= 4 is 30.0 Å². The Morgan fingerprint density at radius 2 is 2.08 bits per heavy atom. The lowest BCUT2D eigenvalue weighted by Crippen LogP contribution is -2.20. The van der Waals surface area contributed by atoms with E-state index in [4.69, 9.17) is 11.5 Å². The topological polar surface area (TPSA) is 93.8 Å². The highest BCUT2D eigenvalue weighted by Gasteiger charge is 2.20. The van der Waals surface area contributed by atoms with Crippen molar-refractivity contribution < 1.29 is 9.90 Å². The highest BCUT2D eigenvalue weighted by Crippen LogP contribution is 2.18. The standard InChI is InChI=1S/C10H10BrN5O2.C5H10Si/c1-2-8(10(17)18)16-14-9(13-15-16)6-3-7(11)5-12-4-6;1-5-6(2,3)4/h3-5,8H,2H2,1H3,(H,17,18);1H,2-4H3. The summed E-state index contributed by atoms with van der Waals surface area (Å²) >= 11 is 3.29. The summed E-state index contributed by atoms with van der Waals surface area (Å²) in [6, 6.07) is 0.988. The van der Waals surface area contributed by atoms with E-state index in [9.17, 15) is 4.79 Å². The van der Waals surface area contributed by atoms with Gasteiger partial charge in [0.25, 0.3) is 0 Å². The highest BCUT2D eigenvalue weighted by molar-refractivity contribution is 9.10. The van der Waals surface area contributed by atoms with Crippen LogP contribution >= 0.6 is 15.9 Å². The first-order chi connectivity index (χ1) is 11.2. The van der Waals surface area contributed by atoms with Crippen molar-refractivity contribution in [1.82, 2.24) is 25.2 Å². The number of aliphatic carboxylic acids is 1. The molecule has 0 saturated heterocycles. The van der Waals surface area contributed by atoms with Gasteiger partial charge in [-0.15, -0.1) is 27.0 Å². The SMILES string of the molecule is C#C[Si](C)(C)C.CCC(C(=O)O)n1nnc(-c2cncc(Br)c2)n1. The maximum absolute atomic E-state index is 11.0. The number of pyridine rings is 1. The van der Waals surface area contributed by atoms with Crippen molar-refractivity contribution in [3.8, 4) is 23.4 Å². The maximum atomic E-state index is 11.0. The molecule has 0 radical (unpaired) electrons. The molecule has 2 aromatic heterocycles.